The fourth-order valence-electron chi connectivity index (χ4n) is 2.98. The standard InChI is InChI=1S/C20H22N2O4/c1-25-17-11-15-12-19(24)22(9-6-10-23)21-20(14-7-4-3-5-8-14)16(15)13-18(17)26-2/h3-5,7-8,11,13,23H,6,9-10,12H2,1-2H3. The number of fused-ring (bicyclic) bond motifs is 1. The van der Waals surface area contributed by atoms with Crippen molar-refractivity contribution < 1.29 is 19.4 Å². The van der Waals surface area contributed by atoms with Gasteiger partial charge in [-0.15, -0.1) is 0 Å². The van der Waals surface area contributed by atoms with Crippen molar-refractivity contribution in [3.8, 4) is 11.5 Å². The van der Waals surface area contributed by atoms with Crippen LogP contribution in [0.15, 0.2) is 47.6 Å². The molecule has 0 saturated carbocycles. The molecular formula is C20H22N2O4. The molecule has 0 aromatic heterocycles. The second kappa shape index (κ2) is 8.01. The lowest BCUT2D eigenvalue weighted by atomic mass is 9.95. The molecule has 1 aliphatic heterocycles. The van der Waals surface area contributed by atoms with Crippen LogP contribution in [0, 0.1) is 0 Å². The molecule has 0 saturated heterocycles. The van der Waals surface area contributed by atoms with Crippen molar-refractivity contribution >= 4 is 11.6 Å². The number of carbonyl (C=O) groups excluding carboxylic acids is 1. The average molecular weight is 354 g/mol. The van der Waals surface area contributed by atoms with E-state index in [1.807, 2.05) is 42.5 Å². The van der Waals surface area contributed by atoms with Gasteiger partial charge < -0.3 is 14.6 Å². The maximum Gasteiger partial charge on any atom is 0.247 e. The van der Waals surface area contributed by atoms with E-state index in [9.17, 15) is 4.79 Å². The van der Waals surface area contributed by atoms with Gasteiger partial charge in [-0.1, -0.05) is 30.3 Å². The van der Waals surface area contributed by atoms with Crippen molar-refractivity contribution in [2.75, 3.05) is 27.4 Å². The Balaban J connectivity index is 2.17. The number of rotatable bonds is 6. The molecule has 0 spiro atoms. The summed E-state index contributed by atoms with van der Waals surface area (Å²) < 4.78 is 10.8. The van der Waals surface area contributed by atoms with Gasteiger partial charge in [0.2, 0.25) is 5.91 Å². The first-order chi connectivity index (χ1) is 12.7. The summed E-state index contributed by atoms with van der Waals surface area (Å²) >= 11 is 0. The van der Waals surface area contributed by atoms with Crippen molar-refractivity contribution in [3.63, 3.8) is 0 Å². The summed E-state index contributed by atoms with van der Waals surface area (Å²) in [5.41, 5.74) is 3.28. The Morgan fingerprint density at radius 1 is 1.12 bits per heavy atom. The lowest BCUT2D eigenvalue weighted by molar-refractivity contribution is -0.130. The normalized spacial score (nSPS) is 13.7. The number of ether oxygens (including phenoxy) is 2. The lowest BCUT2D eigenvalue weighted by Gasteiger charge is -2.16. The van der Waals surface area contributed by atoms with Gasteiger partial charge in [-0.05, 0) is 24.1 Å². The zero-order valence-electron chi connectivity index (χ0n) is 14.9. The Hall–Kier alpha value is -2.86. The highest BCUT2D eigenvalue weighted by Gasteiger charge is 2.25. The molecule has 0 bridgehead atoms. The van der Waals surface area contributed by atoms with E-state index in [4.69, 9.17) is 14.6 Å². The van der Waals surface area contributed by atoms with E-state index in [1.165, 1.54) is 5.01 Å². The van der Waals surface area contributed by atoms with Gasteiger partial charge in [0.1, 0.15) is 0 Å². The number of benzene rings is 2. The largest absolute Gasteiger partial charge is 0.493 e. The minimum absolute atomic E-state index is 0.00850. The van der Waals surface area contributed by atoms with E-state index in [2.05, 4.69) is 5.10 Å². The molecule has 26 heavy (non-hydrogen) atoms. The first-order valence-corrected chi connectivity index (χ1v) is 8.48. The summed E-state index contributed by atoms with van der Waals surface area (Å²) in [5, 5.41) is 15.2. The number of aliphatic hydroxyl groups excluding tert-OH is 1. The maximum atomic E-state index is 12.7. The van der Waals surface area contributed by atoms with Crippen LogP contribution < -0.4 is 9.47 Å². The zero-order chi connectivity index (χ0) is 18.5. The minimum atomic E-state index is -0.113. The summed E-state index contributed by atoms with van der Waals surface area (Å²) in [7, 11) is 3.15. The van der Waals surface area contributed by atoms with Crippen molar-refractivity contribution in [1.82, 2.24) is 5.01 Å². The molecule has 2 aromatic rings. The van der Waals surface area contributed by atoms with Crippen LogP contribution in [0.2, 0.25) is 0 Å². The van der Waals surface area contributed by atoms with Crippen LogP contribution in [0.1, 0.15) is 23.1 Å². The van der Waals surface area contributed by atoms with Gasteiger partial charge in [0, 0.05) is 24.3 Å². The third kappa shape index (κ3) is 3.55. The number of hydrogen-bond donors (Lipinski definition) is 1. The summed E-state index contributed by atoms with van der Waals surface area (Å²) in [6.45, 7) is 0.377. The summed E-state index contributed by atoms with van der Waals surface area (Å²) in [6, 6.07) is 13.4. The Labute approximate surface area is 152 Å². The molecule has 0 radical (unpaired) electrons. The highest BCUT2D eigenvalue weighted by molar-refractivity contribution is 6.15. The third-order valence-electron chi connectivity index (χ3n) is 4.29. The summed E-state index contributed by atoms with van der Waals surface area (Å²) in [6.07, 6.45) is 0.682. The second-order valence-corrected chi connectivity index (χ2v) is 5.95. The van der Waals surface area contributed by atoms with Crippen LogP contribution in [0.5, 0.6) is 11.5 Å². The smallest absolute Gasteiger partial charge is 0.247 e. The molecule has 0 aliphatic carbocycles. The number of hydrogen-bond acceptors (Lipinski definition) is 5. The molecule has 3 rings (SSSR count). The van der Waals surface area contributed by atoms with Crippen molar-refractivity contribution in [2.24, 2.45) is 5.10 Å². The molecule has 1 amide bonds. The van der Waals surface area contributed by atoms with Gasteiger partial charge in [-0.2, -0.15) is 5.10 Å². The predicted octanol–water partition coefficient (Wildman–Crippen LogP) is 2.22. The Morgan fingerprint density at radius 2 is 1.81 bits per heavy atom. The van der Waals surface area contributed by atoms with Gasteiger partial charge in [0.05, 0.1) is 26.4 Å². The van der Waals surface area contributed by atoms with E-state index in [-0.39, 0.29) is 18.9 Å². The fourth-order valence-corrected chi connectivity index (χ4v) is 2.98. The molecule has 6 heteroatoms. The lowest BCUT2D eigenvalue weighted by Crippen LogP contribution is -2.28. The topological polar surface area (TPSA) is 71.4 Å². The highest BCUT2D eigenvalue weighted by Crippen LogP contribution is 2.33. The van der Waals surface area contributed by atoms with Crippen LogP contribution in [0.25, 0.3) is 0 Å². The van der Waals surface area contributed by atoms with Crippen LogP contribution in [-0.4, -0.2) is 49.1 Å². The molecule has 0 unspecified atom stereocenters. The number of methoxy groups -OCH3 is 2. The Kier molecular flexibility index (Phi) is 5.53. The average Bonchev–Trinajstić information content (AvgIpc) is 2.81. The molecule has 1 N–H and O–H groups in total. The SMILES string of the molecule is COc1cc2c(cc1OC)C(c1ccccc1)=NN(CCCO)C(=O)C2. The van der Waals surface area contributed by atoms with Gasteiger partial charge in [-0.25, -0.2) is 5.01 Å². The van der Waals surface area contributed by atoms with E-state index < -0.39 is 0 Å². The van der Waals surface area contributed by atoms with E-state index >= 15 is 0 Å². The van der Waals surface area contributed by atoms with E-state index in [0.717, 1.165) is 16.7 Å². The molecule has 1 heterocycles. The fraction of sp³-hybridized carbons (Fsp3) is 0.300. The number of nitrogens with zero attached hydrogens (tertiary/aromatic N) is 2. The molecule has 0 fully saturated rings. The molecular weight excluding hydrogens is 332 g/mol. The van der Waals surface area contributed by atoms with Gasteiger partial charge in [0.25, 0.3) is 0 Å². The summed E-state index contributed by atoms with van der Waals surface area (Å²) in [4.78, 5) is 12.7. The van der Waals surface area contributed by atoms with Crippen molar-refractivity contribution in [2.45, 2.75) is 12.8 Å². The first-order valence-electron chi connectivity index (χ1n) is 8.48. The van der Waals surface area contributed by atoms with Crippen LogP contribution in [-0.2, 0) is 11.2 Å². The van der Waals surface area contributed by atoms with Crippen molar-refractivity contribution in [1.29, 1.82) is 0 Å². The molecule has 0 atom stereocenters. The molecule has 136 valence electrons. The van der Waals surface area contributed by atoms with E-state index in [1.54, 1.807) is 14.2 Å². The maximum absolute atomic E-state index is 12.7. The quantitative estimate of drug-likeness (QED) is 0.863. The molecule has 2 aromatic carbocycles. The predicted molar refractivity (Wildman–Crippen MR) is 98.7 cm³/mol. The highest BCUT2D eigenvalue weighted by atomic mass is 16.5. The molecule has 1 aliphatic rings. The van der Waals surface area contributed by atoms with Gasteiger partial charge in [0.15, 0.2) is 11.5 Å². The van der Waals surface area contributed by atoms with Crippen LogP contribution in [0.4, 0.5) is 0 Å². The van der Waals surface area contributed by atoms with Crippen LogP contribution >= 0.6 is 0 Å². The van der Waals surface area contributed by atoms with Gasteiger partial charge >= 0.3 is 0 Å². The minimum Gasteiger partial charge on any atom is -0.493 e. The number of hydrazone groups is 1. The second-order valence-electron chi connectivity index (χ2n) is 5.95. The zero-order valence-corrected chi connectivity index (χ0v) is 14.9. The Morgan fingerprint density at radius 3 is 2.46 bits per heavy atom. The number of aliphatic hydroxyl groups is 1. The van der Waals surface area contributed by atoms with Crippen LogP contribution in [0.3, 0.4) is 0 Å². The first kappa shape index (κ1) is 17.9. The third-order valence-corrected chi connectivity index (χ3v) is 4.29. The van der Waals surface area contributed by atoms with E-state index in [0.29, 0.717) is 30.2 Å². The summed E-state index contributed by atoms with van der Waals surface area (Å²) in [5.74, 6) is 1.05. The van der Waals surface area contributed by atoms with Crippen molar-refractivity contribution in [3.05, 3.63) is 59.2 Å². The Bertz CT molecular complexity index is 818. The molecule has 6 nitrogen and oxygen atoms in total. The number of carbonyl (C=O) groups is 1. The number of amides is 1. The monoisotopic (exact) mass is 354 g/mol. The van der Waals surface area contributed by atoms with Gasteiger partial charge in [-0.3, -0.25) is 4.79 Å².